The molecular formula is C19H14BrN2O6-. The summed E-state index contributed by atoms with van der Waals surface area (Å²) in [5.41, 5.74) is 3.48. The number of benzene rings is 2. The molecule has 2 amide bonds. The van der Waals surface area contributed by atoms with Gasteiger partial charge in [-0.15, -0.1) is 0 Å². The Morgan fingerprint density at radius 2 is 1.96 bits per heavy atom. The number of carboxylic acids is 1. The van der Waals surface area contributed by atoms with E-state index in [2.05, 4.69) is 21.4 Å². The average Bonchev–Trinajstić information content (AvgIpc) is 2.95. The Hall–Kier alpha value is -3.33. The lowest BCUT2D eigenvalue weighted by atomic mass is 10.1. The maximum atomic E-state index is 12.6. The normalized spacial score (nSPS) is 14.9. The Morgan fingerprint density at radius 3 is 2.61 bits per heavy atom. The van der Waals surface area contributed by atoms with E-state index in [0.29, 0.717) is 15.7 Å². The molecule has 0 bridgehead atoms. The van der Waals surface area contributed by atoms with Crippen molar-refractivity contribution >= 4 is 45.5 Å². The highest BCUT2D eigenvalue weighted by atomic mass is 79.9. The number of aliphatic carboxylic acids is 1. The Bertz CT molecular complexity index is 974. The van der Waals surface area contributed by atoms with Crippen molar-refractivity contribution in [2.24, 2.45) is 0 Å². The molecule has 0 saturated carbocycles. The second-order valence-electron chi connectivity index (χ2n) is 5.67. The number of amides is 2. The number of methoxy groups -OCH3 is 1. The van der Waals surface area contributed by atoms with E-state index < -0.39 is 24.4 Å². The average molecular weight is 446 g/mol. The summed E-state index contributed by atoms with van der Waals surface area (Å²) in [6, 6.07) is 11.8. The molecule has 0 atom stereocenters. The molecule has 1 aliphatic rings. The molecule has 0 radical (unpaired) electrons. The van der Waals surface area contributed by atoms with Gasteiger partial charge in [0.25, 0.3) is 11.8 Å². The van der Waals surface area contributed by atoms with Gasteiger partial charge in [0.15, 0.2) is 11.5 Å². The van der Waals surface area contributed by atoms with Gasteiger partial charge in [0.2, 0.25) is 0 Å². The molecular weight excluding hydrogens is 432 g/mol. The lowest BCUT2D eigenvalue weighted by Crippen LogP contribution is -2.35. The molecule has 9 heteroatoms. The van der Waals surface area contributed by atoms with Gasteiger partial charge in [-0.05, 0) is 51.8 Å². The summed E-state index contributed by atoms with van der Waals surface area (Å²) >= 11 is 3.27. The first-order valence-electron chi connectivity index (χ1n) is 8.03. The van der Waals surface area contributed by atoms with Crippen LogP contribution in [0.4, 0.5) is 5.69 Å². The third kappa shape index (κ3) is 3.99. The molecule has 0 aliphatic carbocycles. The number of hydrogen-bond donors (Lipinski definition) is 1. The molecule has 1 fully saturated rings. The number of halogens is 1. The van der Waals surface area contributed by atoms with Crippen molar-refractivity contribution in [3.8, 4) is 11.5 Å². The topological polar surface area (TPSA) is 108 Å². The number of nitrogens with one attached hydrogen (secondary N) is 1. The van der Waals surface area contributed by atoms with Crippen LogP contribution in [0.5, 0.6) is 11.5 Å². The minimum Gasteiger partial charge on any atom is -0.546 e. The Morgan fingerprint density at radius 1 is 1.25 bits per heavy atom. The van der Waals surface area contributed by atoms with Gasteiger partial charge >= 0.3 is 0 Å². The lowest BCUT2D eigenvalue weighted by molar-refractivity contribution is -0.307. The molecule has 3 rings (SSSR count). The zero-order chi connectivity index (χ0) is 20.3. The van der Waals surface area contributed by atoms with Crippen LogP contribution in [0.3, 0.4) is 0 Å². The number of ether oxygens (including phenoxy) is 2. The quantitative estimate of drug-likeness (QED) is 0.525. The molecule has 2 aromatic rings. The van der Waals surface area contributed by atoms with Crippen LogP contribution in [0, 0.1) is 0 Å². The minimum absolute atomic E-state index is 0.0544. The summed E-state index contributed by atoms with van der Waals surface area (Å²) in [6.07, 6.45) is 1.41. The molecule has 8 nitrogen and oxygen atoms in total. The SMILES string of the molecule is COc1cc(/C=C2\C(=O)NN(c3ccccc3)C2=O)cc(Br)c1OCC(=O)[O-]. The van der Waals surface area contributed by atoms with Crippen LogP contribution in [-0.4, -0.2) is 31.5 Å². The smallest absolute Gasteiger partial charge is 0.282 e. The van der Waals surface area contributed by atoms with Gasteiger partial charge in [-0.2, -0.15) is 0 Å². The third-order valence-electron chi connectivity index (χ3n) is 3.80. The van der Waals surface area contributed by atoms with Gasteiger partial charge in [0, 0.05) is 0 Å². The standard InChI is InChI=1S/C19H15BrN2O6/c1-27-15-9-11(8-14(20)17(15)28-10-16(23)24)7-13-18(25)21-22(19(13)26)12-5-3-2-4-6-12/h2-9H,10H2,1H3,(H,21,25)(H,23,24)/p-1/b13-7+. The Labute approximate surface area is 168 Å². The Balaban J connectivity index is 1.92. The van der Waals surface area contributed by atoms with E-state index in [-0.39, 0.29) is 17.1 Å². The van der Waals surface area contributed by atoms with E-state index >= 15 is 0 Å². The molecule has 144 valence electrons. The van der Waals surface area contributed by atoms with E-state index in [1.165, 1.54) is 19.3 Å². The van der Waals surface area contributed by atoms with Crippen molar-refractivity contribution in [1.82, 2.24) is 5.43 Å². The highest BCUT2D eigenvalue weighted by Gasteiger charge is 2.34. The largest absolute Gasteiger partial charge is 0.546 e. The number of para-hydroxylation sites is 1. The molecule has 1 heterocycles. The first-order valence-corrected chi connectivity index (χ1v) is 8.82. The van der Waals surface area contributed by atoms with Crippen molar-refractivity contribution in [1.29, 1.82) is 0 Å². The summed E-state index contributed by atoms with van der Waals surface area (Å²) in [6.45, 7) is -0.650. The van der Waals surface area contributed by atoms with Crippen molar-refractivity contribution in [3.05, 3.63) is 58.1 Å². The third-order valence-corrected chi connectivity index (χ3v) is 4.39. The first-order chi connectivity index (χ1) is 13.4. The molecule has 28 heavy (non-hydrogen) atoms. The van der Waals surface area contributed by atoms with Crippen LogP contribution in [0.25, 0.3) is 6.08 Å². The van der Waals surface area contributed by atoms with Crippen molar-refractivity contribution in [2.75, 3.05) is 18.7 Å². The molecule has 1 saturated heterocycles. The van der Waals surface area contributed by atoms with E-state index in [1.807, 2.05) is 0 Å². The van der Waals surface area contributed by atoms with E-state index in [1.54, 1.807) is 36.4 Å². The van der Waals surface area contributed by atoms with E-state index in [4.69, 9.17) is 9.47 Å². The van der Waals surface area contributed by atoms with Gasteiger partial charge in [-0.25, -0.2) is 5.01 Å². The zero-order valence-corrected chi connectivity index (χ0v) is 16.2. The van der Waals surface area contributed by atoms with Crippen LogP contribution in [0.15, 0.2) is 52.5 Å². The number of rotatable bonds is 6. The number of nitrogens with zero attached hydrogens (tertiary/aromatic N) is 1. The maximum Gasteiger partial charge on any atom is 0.282 e. The van der Waals surface area contributed by atoms with Crippen LogP contribution in [0.1, 0.15) is 5.56 Å². The summed E-state index contributed by atoms with van der Waals surface area (Å²) < 4.78 is 10.8. The van der Waals surface area contributed by atoms with Crippen LogP contribution < -0.4 is 25.0 Å². The summed E-state index contributed by atoms with van der Waals surface area (Å²) in [4.78, 5) is 35.5. The van der Waals surface area contributed by atoms with E-state index in [0.717, 1.165) is 5.01 Å². The van der Waals surface area contributed by atoms with Crippen molar-refractivity contribution < 1.29 is 29.0 Å². The van der Waals surface area contributed by atoms with Gasteiger partial charge in [0.1, 0.15) is 12.2 Å². The first kappa shape index (κ1) is 19.4. The summed E-state index contributed by atoms with van der Waals surface area (Å²) in [5.74, 6) is -2.02. The van der Waals surface area contributed by atoms with Crippen molar-refractivity contribution in [2.45, 2.75) is 0 Å². The van der Waals surface area contributed by atoms with Gasteiger partial charge in [-0.3, -0.25) is 15.0 Å². The molecule has 0 unspecified atom stereocenters. The highest BCUT2D eigenvalue weighted by Crippen LogP contribution is 2.37. The van der Waals surface area contributed by atoms with Crippen molar-refractivity contribution in [3.63, 3.8) is 0 Å². The molecule has 0 aromatic heterocycles. The second kappa shape index (κ2) is 8.13. The van der Waals surface area contributed by atoms with Gasteiger partial charge in [0.05, 0.1) is 23.2 Å². The van der Waals surface area contributed by atoms with Gasteiger partial charge in [-0.1, -0.05) is 18.2 Å². The highest BCUT2D eigenvalue weighted by molar-refractivity contribution is 9.10. The minimum atomic E-state index is -1.38. The monoisotopic (exact) mass is 445 g/mol. The Kier molecular flexibility index (Phi) is 5.65. The van der Waals surface area contributed by atoms with Gasteiger partial charge < -0.3 is 19.4 Å². The van der Waals surface area contributed by atoms with Crippen LogP contribution >= 0.6 is 15.9 Å². The van der Waals surface area contributed by atoms with Crippen LogP contribution in [-0.2, 0) is 14.4 Å². The summed E-state index contributed by atoms with van der Waals surface area (Å²) in [7, 11) is 1.38. The lowest BCUT2D eigenvalue weighted by Gasteiger charge is -2.14. The number of carboxylic acid groups (broad SMARTS) is 1. The predicted molar refractivity (Wildman–Crippen MR) is 101 cm³/mol. The molecule has 1 aliphatic heterocycles. The molecule has 1 N–H and O–H groups in total. The fourth-order valence-electron chi connectivity index (χ4n) is 2.58. The maximum absolute atomic E-state index is 12.6. The number of hydrogen-bond acceptors (Lipinski definition) is 6. The number of carbonyl (C=O) groups is 3. The zero-order valence-electron chi connectivity index (χ0n) is 14.6. The number of anilines is 1. The van der Waals surface area contributed by atoms with Crippen LogP contribution in [0.2, 0.25) is 0 Å². The molecule has 2 aromatic carbocycles. The molecule has 0 spiro atoms. The number of hydrazine groups is 1. The second-order valence-corrected chi connectivity index (χ2v) is 6.52. The fraction of sp³-hybridized carbons (Fsp3) is 0.105. The predicted octanol–water partition coefficient (Wildman–Crippen LogP) is 1.05. The fourth-order valence-corrected chi connectivity index (χ4v) is 3.15. The van der Waals surface area contributed by atoms with E-state index in [9.17, 15) is 19.5 Å². The summed E-state index contributed by atoms with van der Waals surface area (Å²) in [5, 5.41) is 11.8. The number of carbonyl (C=O) groups excluding carboxylic acids is 3.